The molecule has 5 rings (SSSR count). The number of aromatic nitrogens is 4. The van der Waals surface area contributed by atoms with Gasteiger partial charge in [0.2, 0.25) is 17.4 Å². The maximum atomic E-state index is 12.8. The van der Waals surface area contributed by atoms with Crippen molar-refractivity contribution in [3.05, 3.63) is 67.6 Å². The van der Waals surface area contributed by atoms with E-state index in [-0.39, 0.29) is 23.9 Å². The van der Waals surface area contributed by atoms with Gasteiger partial charge in [-0.05, 0) is 37.0 Å². The molecule has 3 aromatic heterocycles. The number of imidazole rings is 1. The van der Waals surface area contributed by atoms with Crippen molar-refractivity contribution in [1.29, 1.82) is 0 Å². The number of aromatic hydroxyl groups is 1. The molecule has 1 aliphatic heterocycles. The van der Waals surface area contributed by atoms with Crippen LogP contribution >= 0.6 is 34.5 Å². The minimum absolute atomic E-state index is 0.0140. The predicted octanol–water partition coefficient (Wildman–Crippen LogP) is 4.24. The predicted molar refractivity (Wildman–Crippen MR) is 132 cm³/mol. The maximum absolute atomic E-state index is 12.8. The molecule has 1 aromatic carbocycles. The number of hydrogen-bond acceptors (Lipinski definition) is 6. The lowest BCUT2D eigenvalue weighted by atomic mass is 10.1. The Morgan fingerprint density at radius 1 is 1.12 bits per heavy atom. The van der Waals surface area contributed by atoms with Crippen LogP contribution in [0.4, 0.5) is 0 Å². The number of benzene rings is 1. The van der Waals surface area contributed by atoms with Crippen LogP contribution < -0.4 is 5.56 Å². The molecule has 8 nitrogen and oxygen atoms in total. The third-order valence-electron chi connectivity index (χ3n) is 5.86. The number of thiazole rings is 1. The Kier molecular flexibility index (Phi) is 6.33. The largest absolute Gasteiger partial charge is 0.501 e. The number of rotatable bonds is 5. The van der Waals surface area contributed by atoms with Gasteiger partial charge in [0.15, 0.2) is 5.69 Å². The number of nitrogens with zero attached hydrogens (tertiary/aromatic N) is 5. The van der Waals surface area contributed by atoms with E-state index in [9.17, 15) is 14.7 Å². The number of piperidine rings is 1. The number of carbonyl (C=O) groups is 1. The zero-order valence-electron chi connectivity index (χ0n) is 18.1. The van der Waals surface area contributed by atoms with E-state index in [1.807, 2.05) is 11.0 Å². The van der Waals surface area contributed by atoms with Gasteiger partial charge in [0.25, 0.3) is 0 Å². The van der Waals surface area contributed by atoms with Gasteiger partial charge >= 0.3 is 5.56 Å². The standard InChI is InChI=1S/C23H21Cl2N5O3S/c24-16-5-4-14(11-17(16)25)10-15-12-26-21(34-15)19-20(32)22(33)30-9-8-29(23(30)27-19)13-18(31)28-6-2-1-3-7-28/h4-5,8-9,11-12,32H,1-3,6-7,10,13H2. The number of hydrogen-bond donors (Lipinski definition) is 1. The Balaban J connectivity index is 1.45. The molecule has 1 aliphatic rings. The van der Waals surface area contributed by atoms with Gasteiger partial charge in [0, 0.05) is 43.0 Å². The van der Waals surface area contributed by atoms with Crippen molar-refractivity contribution >= 4 is 46.2 Å². The van der Waals surface area contributed by atoms with Crippen LogP contribution in [-0.2, 0) is 17.8 Å². The quantitative estimate of drug-likeness (QED) is 0.427. The summed E-state index contributed by atoms with van der Waals surface area (Å²) in [5.41, 5.74) is 0.452. The molecule has 1 N–H and O–H groups in total. The first kappa shape index (κ1) is 22.9. The third kappa shape index (κ3) is 4.43. The van der Waals surface area contributed by atoms with E-state index in [0.717, 1.165) is 42.8 Å². The fourth-order valence-electron chi connectivity index (χ4n) is 4.07. The van der Waals surface area contributed by atoms with Crippen LogP contribution in [0.25, 0.3) is 16.5 Å². The molecule has 34 heavy (non-hydrogen) atoms. The van der Waals surface area contributed by atoms with E-state index >= 15 is 0 Å². The van der Waals surface area contributed by atoms with E-state index < -0.39 is 11.3 Å². The Morgan fingerprint density at radius 2 is 1.91 bits per heavy atom. The first-order valence-corrected chi connectivity index (χ1v) is 12.4. The minimum Gasteiger partial charge on any atom is -0.501 e. The van der Waals surface area contributed by atoms with Crippen LogP contribution in [0.3, 0.4) is 0 Å². The molecule has 11 heteroatoms. The SMILES string of the molecule is O=C(Cn1ccn2c(=O)c(O)c(-c3ncc(Cc4ccc(Cl)c(Cl)c4)s3)nc12)N1CCCCC1. The van der Waals surface area contributed by atoms with Crippen LogP contribution in [0.15, 0.2) is 41.6 Å². The Morgan fingerprint density at radius 3 is 2.68 bits per heavy atom. The summed E-state index contributed by atoms with van der Waals surface area (Å²) in [4.78, 5) is 37.2. The average molecular weight is 518 g/mol. The normalized spacial score (nSPS) is 14.1. The molecule has 0 aliphatic carbocycles. The van der Waals surface area contributed by atoms with Gasteiger partial charge in [0.1, 0.15) is 11.6 Å². The molecule has 176 valence electrons. The van der Waals surface area contributed by atoms with Crippen molar-refractivity contribution in [2.75, 3.05) is 13.1 Å². The first-order valence-electron chi connectivity index (χ1n) is 10.9. The summed E-state index contributed by atoms with van der Waals surface area (Å²) in [6.07, 6.45) is 8.53. The highest BCUT2D eigenvalue weighted by molar-refractivity contribution is 7.15. The number of likely N-dealkylation sites (tertiary alicyclic amines) is 1. The summed E-state index contributed by atoms with van der Waals surface area (Å²) < 4.78 is 2.87. The van der Waals surface area contributed by atoms with Gasteiger partial charge in [-0.25, -0.2) is 14.4 Å². The van der Waals surface area contributed by atoms with Crippen molar-refractivity contribution < 1.29 is 9.90 Å². The molecule has 0 spiro atoms. The topological polar surface area (TPSA) is 92.7 Å². The second-order valence-corrected chi connectivity index (χ2v) is 10.1. The highest BCUT2D eigenvalue weighted by Crippen LogP contribution is 2.31. The molecule has 1 amide bonds. The van der Waals surface area contributed by atoms with Crippen LogP contribution in [0.2, 0.25) is 10.0 Å². The van der Waals surface area contributed by atoms with Crippen LogP contribution in [0, 0.1) is 0 Å². The molecule has 4 heterocycles. The fourth-order valence-corrected chi connectivity index (χ4v) is 5.33. The highest BCUT2D eigenvalue weighted by atomic mass is 35.5. The van der Waals surface area contributed by atoms with Gasteiger partial charge in [0.05, 0.1) is 10.0 Å². The van der Waals surface area contributed by atoms with Crippen molar-refractivity contribution in [3.8, 4) is 16.5 Å². The lowest BCUT2D eigenvalue weighted by Gasteiger charge is -2.26. The molecule has 1 saturated heterocycles. The fraction of sp³-hybridized carbons (Fsp3) is 0.304. The van der Waals surface area contributed by atoms with E-state index in [1.54, 1.807) is 29.1 Å². The Labute approximate surface area is 209 Å². The molecule has 1 fully saturated rings. The van der Waals surface area contributed by atoms with Crippen LogP contribution in [-0.4, -0.2) is 47.9 Å². The number of amides is 1. The number of halogens is 2. The Hall–Kier alpha value is -2.88. The van der Waals surface area contributed by atoms with Crippen molar-refractivity contribution in [2.24, 2.45) is 0 Å². The lowest BCUT2D eigenvalue weighted by Crippen LogP contribution is -2.37. The second-order valence-electron chi connectivity index (χ2n) is 8.21. The van der Waals surface area contributed by atoms with Crippen LogP contribution in [0.5, 0.6) is 5.75 Å². The zero-order valence-corrected chi connectivity index (χ0v) is 20.4. The third-order valence-corrected chi connectivity index (χ3v) is 7.60. The summed E-state index contributed by atoms with van der Waals surface area (Å²) in [6.45, 7) is 1.57. The Bertz CT molecular complexity index is 1440. The molecule has 0 saturated carbocycles. The van der Waals surface area contributed by atoms with Gasteiger partial charge in [-0.2, -0.15) is 0 Å². The molecule has 0 atom stereocenters. The second kappa shape index (κ2) is 9.40. The summed E-state index contributed by atoms with van der Waals surface area (Å²) in [5.74, 6) is -0.211. The smallest absolute Gasteiger partial charge is 0.302 e. The van der Waals surface area contributed by atoms with E-state index in [4.69, 9.17) is 23.2 Å². The number of carbonyl (C=O) groups excluding carboxylic acids is 1. The van der Waals surface area contributed by atoms with Gasteiger partial charge in [-0.3, -0.25) is 9.59 Å². The first-order chi connectivity index (χ1) is 16.4. The molecule has 0 radical (unpaired) electrons. The van der Waals surface area contributed by atoms with E-state index in [1.165, 1.54) is 21.9 Å². The van der Waals surface area contributed by atoms with Gasteiger partial charge in [-0.15, -0.1) is 11.3 Å². The molecule has 4 aromatic rings. The molecule has 0 unspecified atom stereocenters. The lowest BCUT2D eigenvalue weighted by molar-refractivity contribution is -0.132. The van der Waals surface area contributed by atoms with Crippen molar-refractivity contribution in [1.82, 2.24) is 23.8 Å². The van der Waals surface area contributed by atoms with E-state index in [2.05, 4.69) is 9.97 Å². The summed E-state index contributed by atoms with van der Waals surface area (Å²) in [5, 5.41) is 11.9. The van der Waals surface area contributed by atoms with Gasteiger partial charge < -0.3 is 14.6 Å². The zero-order chi connectivity index (χ0) is 23.8. The minimum atomic E-state index is -0.606. The monoisotopic (exact) mass is 517 g/mol. The number of fused-ring (bicyclic) bond motifs is 1. The maximum Gasteiger partial charge on any atom is 0.302 e. The molecule has 0 bridgehead atoms. The van der Waals surface area contributed by atoms with Crippen molar-refractivity contribution in [2.45, 2.75) is 32.2 Å². The summed E-state index contributed by atoms with van der Waals surface area (Å²) >= 11 is 13.4. The summed E-state index contributed by atoms with van der Waals surface area (Å²) in [6, 6.07) is 5.42. The van der Waals surface area contributed by atoms with E-state index in [0.29, 0.717) is 21.5 Å². The molecular weight excluding hydrogens is 497 g/mol. The van der Waals surface area contributed by atoms with Crippen molar-refractivity contribution in [3.63, 3.8) is 0 Å². The van der Waals surface area contributed by atoms with Gasteiger partial charge in [-0.1, -0.05) is 29.3 Å². The summed E-state index contributed by atoms with van der Waals surface area (Å²) in [7, 11) is 0. The average Bonchev–Trinajstić information content (AvgIpc) is 3.46. The molecular formula is C23H21Cl2N5O3S. The highest BCUT2D eigenvalue weighted by Gasteiger charge is 2.21. The van der Waals surface area contributed by atoms with Crippen LogP contribution in [0.1, 0.15) is 29.7 Å².